The van der Waals surface area contributed by atoms with Gasteiger partial charge in [0.05, 0.1) is 0 Å². The smallest absolute Gasteiger partial charge is 0.270 e. The van der Waals surface area contributed by atoms with Gasteiger partial charge in [0.2, 0.25) is 0 Å². The number of benzene rings is 2. The van der Waals surface area contributed by atoms with Crippen LogP contribution in [0.2, 0.25) is 0 Å². The number of aromatic nitrogens is 2. The largest absolute Gasteiger partial charge is 0.349 e. The van der Waals surface area contributed by atoms with Crippen molar-refractivity contribution in [2.45, 2.75) is 33.4 Å². The number of para-hydroxylation sites is 1. The van der Waals surface area contributed by atoms with Crippen LogP contribution in [-0.4, -0.2) is 21.9 Å². The van der Waals surface area contributed by atoms with Crippen molar-refractivity contribution >= 4 is 17.4 Å². The highest BCUT2D eigenvalue weighted by molar-refractivity contribution is 5.93. The normalized spacial score (nSPS) is 10.7. The third-order valence-electron chi connectivity index (χ3n) is 4.00. The first-order chi connectivity index (χ1) is 13.0. The average Bonchev–Trinajstić information content (AvgIpc) is 2.66. The van der Waals surface area contributed by atoms with E-state index in [1.165, 1.54) is 0 Å². The maximum absolute atomic E-state index is 12.5. The van der Waals surface area contributed by atoms with Gasteiger partial charge in [-0.1, -0.05) is 48.5 Å². The van der Waals surface area contributed by atoms with Crippen LogP contribution >= 0.6 is 0 Å². The van der Waals surface area contributed by atoms with Crippen molar-refractivity contribution in [2.24, 2.45) is 0 Å². The van der Waals surface area contributed by atoms with Gasteiger partial charge in [0.25, 0.3) is 5.91 Å². The molecule has 0 spiro atoms. The number of hydrogen-bond donors (Lipinski definition) is 1. The summed E-state index contributed by atoms with van der Waals surface area (Å²) in [6.45, 7) is 6.31. The van der Waals surface area contributed by atoms with Crippen molar-refractivity contribution in [1.29, 1.82) is 0 Å². The van der Waals surface area contributed by atoms with Gasteiger partial charge in [0.1, 0.15) is 17.3 Å². The molecule has 0 aliphatic rings. The zero-order valence-corrected chi connectivity index (χ0v) is 15.9. The molecule has 3 rings (SSSR count). The Morgan fingerprint density at radius 2 is 1.63 bits per heavy atom. The Morgan fingerprint density at radius 1 is 1.00 bits per heavy atom. The fraction of sp³-hybridized carbons (Fsp3) is 0.227. The first kappa shape index (κ1) is 18.6. The Morgan fingerprint density at radius 3 is 2.26 bits per heavy atom. The Kier molecular flexibility index (Phi) is 5.81. The molecule has 0 unspecified atom stereocenters. The number of aryl methyl sites for hydroxylation is 1. The molecule has 1 aromatic heterocycles. The van der Waals surface area contributed by atoms with Gasteiger partial charge in [-0.05, 0) is 38.5 Å². The molecule has 2 aromatic carbocycles. The van der Waals surface area contributed by atoms with Crippen molar-refractivity contribution in [1.82, 2.24) is 15.3 Å². The molecule has 27 heavy (non-hydrogen) atoms. The van der Waals surface area contributed by atoms with Gasteiger partial charge in [-0.15, -0.1) is 0 Å². The predicted molar refractivity (Wildman–Crippen MR) is 108 cm³/mol. The fourth-order valence-corrected chi connectivity index (χ4v) is 2.82. The van der Waals surface area contributed by atoms with Gasteiger partial charge < -0.3 is 10.2 Å². The summed E-state index contributed by atoms with van der Waals surface area (Å²) in [5.41, 5.74) is 2.54. The van der Waals surface area contributed by atoms with Crippen molar-refractivity contribution < 1.29 is 4.79 Å². The van der Waals surface area contributed by atoms with Gasteiger partial charge in [-0.3, -0.25) is 4.79 Å². The molecule has 3 aromatic rings. The monoisotopic (exact) mass is 360 g/mol. The van der Waals surface area contributed by atoms with Crippen LogP contribution in [0.5, 0.6) is 0 Å². The second kappa shape index (κ2) is 8.45. The van der Waals surface area contributed by atoms with E-state index in [0.717, 1.165) is 11.3 Å². The van der Waals surface area contributed by atoms with Crippen LogP contribution in [0.4, 0.5) is 11.5 Å². The third kappa shape index (κ3) is 4.91. The summed E-state index contributed by atoms with van der Waals surface area (Å²) in [4.78, 5) is 23.5. The molecule has 1 amide bonds. The standard InChI is InChI=1S/C22H24N4O/c1-16(2)23-22(27)20-14-21(25-17(3)24-20)26(19-12-8-5-9-13-19)15-18-10-6-4-7-11-18/h4-14,16H,15H2,1-3H3,(H,23,27). The average molecular weight is 360 g/mol. The van der Waals surface area contributed by atoms with E-state index in [-0.39, 0.29) is 11.9 Å². The van der Waals surface area contributed by atoms with Crippen LogP contribution in [0.1, 0.15) is 35.7 Å². The highest BCUT2D eigenvalue weighted by Crippen LogP contribution is 2.26. The van der Waals surface area contributed by atoms with E-state index in [1.807, 2.05) is 62.4 Å². The minimum atomic E-state index is -0.190. The fourth-order valence-electron chi connectivity index (χ4n) is 2.82. The Labute approximate surface area is 160 Å². The molecule has 1 N–H and O–H groups in total. The molecule has 138 valence electrons. The summed E-state index contributed by atoms with van der Waals surface area (Å²) >= 11 is 0. The third-order valence-corrected chi connectivity index (χ3v) is 4.00. The maximum atomic E-state index is 12.5. The zero-order valence-electron chi connectivity index (χ0n) is 15.9. The van der Waals surface area contributed by atoms with Gasteiger partial charge >= 0.3 is 0 Å². The minimum absolute atomic E-state index is 0.0470. The summed E-state index contributed by atoms with van der Waals surface area (Å²) < 4.78 is 0. The van der Waals surface area contributed by atoms with Crippen molar-refractivity contribution in [3.63, 3.8) is 0 Å². The Bertz CT molecular complexity index is 895. The predicted octanol–water partition coefficient (Wildman–Crippen LogP) is 4.26. The molecule has 0 bridgehead atoms. The number of rotatable bonds is 6. The molecule has 5 heteroatoms. The van der Waals surface area contributed by atoms with Crippen LogP contribution in [0.3, 0.4) is 0 Å². The lowest BCUT2D eigenvalue weighted by molar-refractivity contribution is 0.0937. The van der Waals surface area contributed by atoms with E-state index < -0.39 is 0 Å². The van der Waals surface area contributed by atoms with Crippen molar-refractivity contribution in [3.05, 3.63) is 83.8 Å². The van der Waals surface area contributed by atoms with Crippen LogP contribution in [-0.2, 0) is 6.54 Å². The van der Waals surface area contributed by atoms with Gasteiger partial charge in [-0.25, -0.2) is 9.97 Å². The molecule has 0 saturated heterocycles. The molecule has 5 nitrogen and oxygen atoms in total. The van der Waals surface area contributed by atoms with E-state index in [4.69, 9.17) is 0 Å². The molecule has 0 saturated carbocycles. The van der Waals surface area contributed by atoms with E-state index in [1.54, 1.807) is 13.0 Å². The highest BCUT2D eigenvalue weighted by atomic mass is 16.1. The summed E-state index contributed by atoms with van der Waals surface area (Å²) in [6, 6.07) is 22.0. The molecular formula is C22H24N4O. The number of nitrogens with zero attached hydrogens (tertiary/aromatic N) is 3. The lowest BCUT2D eigenvalue weighted by atomic mass is 10.2. The Balaban J connectivity index is 2.01. The Hall–Kier alpha value is -3.21. The summed E-state index contributed by atoms with van der Waals surface area (Å²) in [5, 5.41) is 2.89. The van der Waals surface area contributed by atoms with Gasteiger partial charge in [0.15, 0.2) is 0 Å². The number of anilines is 2. The quantitative estimate of drug-likeness (QED) is 0.713. The molecular weight excluding hydrogens is 336 g/mol. The molecule has 0 fully saturated rings. The van der Waals surface area contributed by atoms with E-state index in [0.29, 0.717) is 23.9 Å². The topological polar surface area (TPSA) is 58.1 Å². The second-order valence-corrected chi connectivity index (χ2v) is 6.69. The first-order valence-corrected chi connectivity index (χ1v) is 9.06. The number of amides is 1. The van der Waals surface area contributed by atoms with Crippen molar-refractivity contribution in [3.8, 4) is 0 Å². The van der Waals surface area contributed by atoms with Gasteiger partial charge in [-0.2, -0.15) is 0 Å². The molecule has 0 aliphatic heterocycles. The van der Waals surface area contributed by atoms with Crippen molar-refractivity contribution in [2.75, 3.05) is 4.90 Å². The molecule has 0 atom stereocenters. The lowest BCUT2D eigenvalue weighted by Crippen LogP contribution is -2.31. The van der Waals surface area contributed by atoms with Crippen LogP contribution in [0.15, 0.2) is 66.7 Å². The highest BCUT2D eigenvalue weighted by Gasteiger charge is 2.17. The summed E-state index contributed by atoms with van der Waals surface area (Å²) in [6.07, 6.45) is 0. The van der Waals surface area contributed by atoms with E-state index in [2.05, 4.69) is 32.3 Å². The molecule has 1 heterocycles. The summed E-state index contributed by atoms with van der Waals surface area (Å²) in [5.74, 6) is 1.08. The lowest BCUT2D eigenvalue weighted by Gasteiger charge is -2.25. The summed E-state index contributed by atoms with van der Waals surface area (Å²) in [7, 11) is 0. The zero-order chi connectivity index (χ0) is 19.2. The van der Waals surface area contributed by atoms with Gasteiger partial charge in [0, 0.05) is 24.3 Å². The maximum Gasteiger partial charge on any atom is 0.270 e. The van der Waals surface area contributed by atoms with Crippen LogP contribution in [0, 0.1) is 6.92 Å². The molecule has 0 radical (unpaired) electrons. The second-order valence-electron chi connectivity index (χ2n) is 6.69. The first-order valence-electron chi connectivity index (χ1n) is 9.06. The van der Waals surface area contributed by atoms with Crippen LogP contribution < -0.4 is 10.2 Å². The van der Waals surface area contributed by atoms with Crippen LogP contribution in [0.25, 0.3) is 0 Å². The number of nitrogens with one attached hydrogen (secondary N) is 1. The SMILES string of the molecule is Cc1nc(C(=O)NC(C)C)cc(N(Cc2ccccc2)c2ccccc2)n1. The minimum Gasteiger partial charge on any atom is -0.349 e. The van der Waals surface area contributed by atoms with E-state index >= 15 is 0 Å². The number of carbonyl (C=O) groups is 1. The number of hydrogen-bond acceptors (Lipinski definition) is 4. The number of carbonyl (C=O) groups excluding carboxylic acids is 1. The molecule has 0 aliphatic carbocycles. The van der Waals surface area contributed by atoms with E-state index in [9.17, 15) is 4.79 Å².